The fourth-order valence-corrected chi connectivity index (χ4v) is 4.38. The van der Waals surface area contributed by atoms with E-state index in [2.05, 4.69) is 0 Å². The molecule has 0 aliphatic carbocycles. The van der Waals surface area contributed by atoms with Crippen molar-refractivity contribution in [3.8, 4) is 11.5 Å². The van der Waals surface area contributed by atoms with Gasteiger partial charge in [-0.2, -0.15) is 0 Å². The average Bonchev–Trinajstić information content (AvgIpc) is 3.09. The van der Waals surface area contributed by atoms with Crippen molar-refractivity contribution in [2.24, 2.45) is 0 Å². The number of hydrogen-bond donors (Lipinski definition) is 0. The number of imide groups is 1. The Morgan fingerprint density at radius 1 is 1.06 bits per heavy atom. The maximum atomic E-state index is 13.3. The van der Waals surface area contributed by atoms with Gasteiger partial charge >= 0.3 is 5.97 Å². The lowest BCUT2D eigenvalue weighted by Crippen LogP contribution is -2.27. The van der Waals surface area contributed by atoms with Gasteiger partial charge in [-0.25, -0.2) is 9.18 Å². The highest BCUT2D eigenvalue weighted by atomic mass is 35.5. The zero-order valence-corrected chi connectivity index (χ0v) is 20.3. The number of esters is 1. The fourth-order valence-electron chi connectivity index (χ4n) is 3.31. The van der Waals surface area contributed by atoms with Crippen LogP contribution in [0.5, 0.6) is 11.5 Å². The summed E-state index contributed by atoms with van der Waals surface area (Å²) in [5.41, 5.74) is 2.45. The smallest absolute Gasteiger partial charge is 0.343 e. The number of methoxy groups -OCH3 is 1. The number of rotatable bonds is 6. The van der Waals surface area contributed by atoms with Crippen molar-refractivity contribution in [2.45, 2.75) is 13.5 Å². The molecule has 178 valence electrons. The van der Waals surface area contributed by atoms with Gasteiger partial charge in [0.05, 0.1) is 24.1 Å². The van der Waals surface area contributed by atoms with E-state index in [-0.39, 0.29) is 28.0 Å². The lowest BCUT2D eigenvalue weighted by atomic mass is 10.1. The quantitative estimate of drug-likeness (QED) is 0.221. The number of carbonyl (C=O) groups is 3. The second-order valence-electron chi connectivity index (χ2n) is 7.67. The SMILES string of the molecule is COc1cc(/C=C2\SC(=O)N(Cc3ccc(F)cc3Cl)C2=O)ccc1OC(=O)c1ccc(C)cc1. The fraction of sp³-hybridized carbons (Fsp3) is 0.115. The van der Waals surface area contributed by atoms with Gasteiger partial charge in [0.15, 0.2) is 11.5 Å². The average molecular weight is 512 g/mol. The van der Waals surface area contributed by atoms with Gasteiger partial charge in [-0.1, -0.05) is 41.4 Å². The number of amides is 2. The van der Waals surface area contributed by atoms with E-state index in [0.29, 0.717) is 16.7 Å². The van der Waals surface area contributed by atoms with E-state index in [4.69, 9.17) is 21.1 Å². The number of aryl methyl sites for hydroxylation is 1. The second kappa shape index (κ2) is 10.3. The number of benzene rings is 3. The van der Waals surface area contributed by atoms with Crippen molar-refractivity contribution in [1.29, 1.82) is 0 Å². The van der Waals surface area contributed by atoms with Crippen molar-refractivity contribution in [3.63, 3.8) is 0 Å². The zero-order chi connectivity index (χ0) is 25.1. The largest absolute Gasteiger partial charge is 0.493 e. The summed E-state index contributed by atoms with van der Waals surface area (Å²) in [5, 5.41) is -0.328. The minimum Gasteiger partial charge on any atom is -0.493 e. The Morgan fingerprint density at radius 2 is 1.80 bits per heavy atom. The molecule has 0 atom stereocenters. The molecule has 1 heterocycles. The van der Waals surface area contributed by atoms with Gasteiger partial charge in [0.1, 0.15) is 5.82 Å². The summed E-state index contributed by atoms with van der Waals surface area (Å²) in [5.74, 6) is -1.02. The van der Waals surface area contributed by atoms with Crippen LogP contribution in [0.4, 0.5) is 9.18 Å². The third kappa shape index (κ3) is 5.55. The lowest BCUT2D eigenvalue weighted by molar-refractivity contribution is -0.123. The highest BCUT2D eigenvalue weighted by Gasteiger charge is 2.35. The van der Waals surface area contributed by atoms with Crippen LogP contribution in [-0.4, -0.2) is 29.1 Å². The molecule has 3 aromatic carbocycles. The predicted molar refractivity (Wildman–Crippen MR) is 132 cm³/mol. The topological polar surface area (TPSA) is 72.9 Å². The Morgan fingerprint density at radius 3 is 2.49 bits per heavy atom. The van der Waals surface area contributed by atoms with Crippen LogP contribution in [0.15, 0.2) is 65.6 Å². The molecule has 0 aromatic heterocycles. The molecule has 0 spiro atoms. The molecule has 1 saturated heterocycles. The molecular formula is C26H19ClFNO5S. The Labute approximate surface area is 210 Å². The van der Waals surface area contributed by atoms with E-state index in [9.17, 15) is 18.8 Å². The van der Waals surface area contributed by atoms with Crippen LogP contribution in [0.3, 0.4) is 0 Å². The molecule has 0 bridgehead atoms. The van der Waals surface area contributed by atoms with Gasteiger partial charge in [0.25, 0.3) is 11.1 Å². The molecule has 1 aliphatic heterocycles. The van der Waals surface area contributed by atoms with Gasteiger partial charge in [0, 0.05) is 5.02 Å². The maximum Gasteiger partial charge on any atom is 0.343 e. The monoisotopic (exact) mass is 511 g/mol. The van der Waals surface area contributed by atoms with Gasteiger partial charge in [-0.3, -0.25) is 14.5 Å². The second-order valence-corrected chi connectivity index (χ2v) is 9.07. The van der Waals surface area contributed by atoms with Crippen LogP contribution in [0, 0.1) is 12.7 Å². The van der Waals surface area contributed by atoms with Crippen LogP contribution in [0.2, 0.25) is 5.02 Å². The molecule has 0 radical (unpaired) electrons. The molecular weight excluding hydrogens is 493 g/mol. The highest BCUT2D eigenvalue weighted by molar-refractivity contribution is 8.18. The summed E-state index contributed by atoms with van der Waals surface area (Å²) in [7, 11) is 1.43. The molecule has 35 heavy (non-hydrogen) atoms. The van der Waals surface area contributed by atoms with E-state index in [0.717, 1.165) is 28.3 Å². The van der Waals surface area contributed by atoms with Crippen molar-refractivity contribution < 1.29 is 28.2 Å². The molecule has 0 saturated carbocycles. The third-order valence-electron chi connectivity index (χ3n) is 5.19. The summed E-state index contributed by atoms with van der Waals surface area (Å²) in [6.45, 7) is 1.85. The number of halogens is 2. The third-order valence-corrected chi connectivity index (χ3v) is 6.45. The van der Waals surface area contributed by atoms with Gasteiger partial charge < -0.3 is 9.47 Å². The summed E-state index contributed by atoms with van der Waals surface area (Å²) < 4.78 is 24.1. The normalized spacial score (nSPS) is 14.5. The van der Waals surface area contributed by atoms with Crippen LogP contribution in [0.25, 0.3) is 6.08 Å². The Kier molecular flexibility index (Phi) is 7.23. The first-order valence-electron chi connectivity index (χ1n) is 10.4. The van der Waals surface area contributed by atoms with Crippen molar-refractivity contribution in [1.82, 2.24) is 4.90 Å². The first-order valence-corrected chi connectivity index (χ1v) is 11.6. The molecule has 4 rings (SSSR count). The van der Waals surface area contributed by atoms with Crippen LogP contribution in [-0.2, 0) is 11.3 Å². The van der Waals surface area contributed by atoms with Crippen molar-refractivity contribution in [2.75, 3.05) is 7.11 Å². The minimum absolute atomic E-state index is 0.0711. The Bertz CT molecular complexity index is 1360. The van der Waals surface area contributed by atoms with Crippen molar-refractivity contribution >= 4 is 46.6 Å². The first kappa shape index (κ1) is 24.5. The molecule has 2 amide bonds. The highest BCUT2D eigenvalue weighted by Crippen LogP contribution is 2.36. The van der Waals surface area contributed by atoms with Crippen molar-refractivity contribution in [3.05, 3.63) is 98.7 Å². The van der Waals surface area contributed by atoms with E-state index in [1.165, 1.54) is 19.2 Å². The predicted octanol–water partition coefficient (Wildman–Crippen LogP) is 6.25. The first-order chi connectivity index (χ1) is 16.7. The standard InChI is InChI=1S/C26H19ClFNO5S/c1-15-3-6-17(7-4-15)25(31)34-21-10-5-16(11-22(21)33-2)12-23-24(30)29(26(32)35-23)14-18-8-9-19(28)13-20(18)27/h3-13H,14H2,1-2H3/b23-12-. The lowest BCUT2D eigenvalue weighted by Gasteiger charge is -2.13. The van der Waals surface area contributed by atoms with E-state index in [1.54, 1.807) is 36.4 Å². The summed E-state index contributed by atoms with van der Waals surface area (Å²) >= 11 is 6.83. The Balaban J connectivity index is 1.52. The summed E-state index contributed by atoms with van der Waals surface area (Å²) in [6.07, 6.45) is 1.55. The van der Waals surface area contributed by atoms with Crippen LogP contribution >= 0.6 is 23.4 Å². The molecule has 1 fully saturated rings. The number of nitrogens with zero attached hydrogens (tertiary/aromatic N) is 1. The summed E-state index contributed by atoms with van der Waals surface area (Å²) in [6, 6.07) is 15.6. The van der Waals surface area contributed by atoms with Crippen LogP contribution < -0.4 is 9.47 Å². The van der Waals surface area contributed by atoms with Gasteiger partial charge in [0.2, 0.25) is 0 Å². The van der Waals surface area contributed by atoms with E-state index >= 15 is 0 Å². The van der Waals surface area contributed by atoms with Gasteiger partial charge in [-0.05, 0) is 72.3 Å². The minimum atomic E-state index is -0.531. The molecule has 0 N–H and O–H groups in total. The number of thioether (sulfide) groups is 1. The molecule has 9 heteroatoms. The molecule has 3 aromatic rings. The Hall–Kier alpha value is -3.62. The van der Waals surface area contributed by atoms with Crippen LogP contribution in [0.1, 0.15) is 27.0 Å². The molecule has 6 nitrogen and oxygen atoms in total. The van der Waals surface area contributed by atoms with Gasteiger partial charge in [-0.15, -0.1) is 0 Å². The van der Waals surface area contributed by atoms with E-state index in [1.807, 2.05) is 19.1 Å². The molecule has 1 aliphatic rings. The number of ether oxygens (including phenoxy) is 2. The van der Waals surface area contributed by atoms with E-state index < -0.39 is 22.9 Å². The number of carbonyl (C=O) groups excluding carboxylic acids is 3. The zero-order valence-electron chi connectivity index (χ0n) is 18.7. The number of hydrogen-bond acceptors (Lipinski definition) is 6. The maximum absolute atomic E-state index is 13.3. The summed E-state index contributed by atoms with van der Waals surface area (Å²) in [4.78, 5) is 39.0. The molecule has 0 unspecified atom stereocenters.